The largest absolute Gasteiger partial charge is 0.388 e. The zero-order valence-corrected chi connectivity index (χ0v) is 11.8. The maximum absolute atomic E-state index is 11.9. The first kappa shape index (κ1) is 13.8. The third kappa shape index (κ3) is 3.70. The highest BCUT2D eigenvalue weighted by atomic mass is 35.5. The fraction of sp³-hybridized carbons (Fsp3) is 0.615. The molecule has 0 bridgehead atoms. The van der Waals surface area contributed by atoms with Gasteiger partial charge in [-0.2, -0.15) is 0 Å². The number of thiophene rings is 1. The number of hydrogen-bond acceptors (Lipinski definition) is 3. The third-order valence-electron chi connectivity index (χ3n) is 3.41. The molecule has 1 aromatic heterocycles. The Morgan fingerprint density at radius 1 is 1.33 bits per heavy atom. The van der Waals surface area contributed by atoms with Crippen LogP contribution >= 0.6 is 22.9 Å². The Kier molecular flexibility index (Phi) is 4.65. The van der Waals surface area contributed by atoms with Gasteiger partial charge < -0.3 is 10.4 Å². The van der Waals surface area contributed by atoms with Gasteiger partial charge in [0, 0.05) is 6.54 Å². The van der Waals surface area contributed by atoms with Gasteiger partial charge in [0.15, 0.2) is 0 Å². The van der Waals surface area contributed by atoms with E-state index in [4.69, 9.17) is 11.6 Å². The minimum absolute atomic E-state index is 0.149. The predicted molar refractivity (Wildman–Crippen MR) is 74.3 cm³/mol. The van der Waals surface area contributed by atoms with E-state index >= 15 is 0 Å². The van der Waals surface area contributed by atoms with Gasteiger partial charge in [0.1, 0.15) is 0 Å². The zero-order valence-electron chi connectivity index (χ0n) is 10.2. The monoisotopic (exact) mass is 287 g/mol. The Balaban J connectivity index is 1.88. The fourth-order valence-electron chi connectivity index (χ4n) is 2.33. The quantitative estimate of drug-likeness (QED) is 0.839. The van der Waals surface area contributed by atoms with Crippen LogP contribution in [-0.4, -0.2) is 23.2 Å². The van der Waals surface area contributed by atoms with Crippen LogP contribution in [0, 0.1) is 0 Å². The Labute approximate surface area is 116 Å². The lowest BCUT2D eigenvalue weighted by atomic mass is 9.94. The SMILES string of the molecule is O=C(NCC1(O)CCCCCC1)c1ccc(Cl)s1. The van der Waals surface area contributed by atoms with Crippen molar-refractivity contribution in [3.8, 4) is 0 Å². The van der Waals surface area contributed by atoms with Crippen LogP contribution in [0.3, 0.4) is 0 Å². The number of hydrogen-bond donors (Lipinski definition) is 2. The van der Waals surface area contributed by atoms with Gasteiger partial charge in [-0.15, -0.1) is 11.3 Å². The van der Waals surface area contributed by atoms with E-state index in [1.807, 2.05) is 0 Å². The summed E-state index contributed by atoms with van der Waals surface area (Å²) in [5, 5.41) is 13.2. The first-order valence-corrected chi connectivity index (χ1v) is 7.54. The van der Waals surface area contributed by atoms with E-state index in [0.717, 1.165) is 25.7 Å². The highest BCUT2D eigenvalue weighted by Gasteiger charge is 2.28. The number of halogens is 1. The van der Waals surface area contributed by atoms with Crippen molar-refractivity contribution in [3.05, 3.63) is 21.3 Å². The number of carbonyl (C=O) groups is 1. The number of aliphatic hydroxyl groups is 1. The van der Waals surface area contributed by atoms with Gasteiger partial charge in [-0.3, -0.25) is 4.79 Å². The normalized spacial score (nSPS) is 19.2. The summed E-state index contributed by atoms with van der Waals surface area (Å²) in [5.74, 6) is -0.149. The topological polar surface area (TPSA) is 49.3 Å². The van der Waals surface area contributed by atoms with Crippen molar-refractivity contribution >= 4 is 28.8 Å². The minimum atomic E-state index is -0.729. The molecule has 100 valence electrons. The van der Waals surface area contributed by atoms with Crippen LogP contribution in [0.4, 0.5) is 0 Å². The average Bonchev–Trinajstić information content (AvgIpc) is 2.66. The second kappa shape index (κ2) is 6.04. The predicted octanol–water partition coefficient (Wildman–Crippen LogP) is 3.22. The smallest absolute Gasteiger partial charge is 0.261 e. The van der Waals surface area contributed by atoms with E-state index in [1.54, 1.807) is 12.1 Å². The molecule has 18 heavy (non-hydrogen) atoms. The van der Waals surface area contributed by atoms with E-state index in [-0.39, 0.29) is 5.91 Å². The molecule has 5 heteroatoms. The van der Waals surface area contributed by atoms with Crippen molar-refractivity contribution in [1.82, 2.24) is 5.32 Å². The number of carbonyl (C=O) groups excluding carboxylic acids is 1. The average molecular weight is 288 g/mol. The Morgan fingerprint density at radius 3 is 2.56 bits per heavy atom. The highest BCUT2D eigenvalue weighted by molar-refractivity contribution is 7.17. The summed E-state index contributed by atoms with van der Waals surface area (Å²) in [6.45, 7) is 0.335. The molecule has 1 aliphatic rings. The van der Waals surface area contributed by atoms with Gasteiger partial charge in [-0.25, -0.2) is 0 Å². The second-order valence-electron chi connectivity index (χ2n) is 4.92. The lowest BCUT2D eigenvalue weighted by Crippen LogP contribution is -2.42. The molecule has 0 saturated heterocycles. The van der Waals surface area contributed by atoms with Crippen LogP contribution in [0.15, 0.2) is 12.1 Å². The maximum atomic E-state index is 11.9. The minimum Gasteiger partial charge on any atom is -0.388 e. The van der Waals surface area contributed by atoms with Gasteiger partial charge in [0.2, 0.25) is 0 Å². The van der Waals surface area contributed by atoms with E-state index in [2.05, 4.69) is 5.32 Å². The van der Waals surface area contributed by atoms with Gasteiger partial charge >= 0.3 is 0 Å². The lowest BCUT2D eigenvalue weighted by Gasteiger charge is -2.26. The van der Waals surface area contributed by atoms with Crippen molar-refractivity contribution in [2.45, 2.75) is 44.1 Å². The van der Waals surface area contributed by atoms with E-state index in [9.17, 15) is 9.90 Å². The van der Waals surface area contributed by atoms with E-state index in [1.165, 1.54) is 24.2 Å². The molecule has 1 fully saturated rings. The van der Waals surface area contributed by atoms with E-state index in [0.29, 0.717) is 15.8 Å². The third-order valence-corrected chi connectivity index (χ3v) is 4.64. The summed E-state index contributed by atoms with van der Waals surface area (Å²) in [7, 11) is 0. The second-order valence-corrected chi connectivity index (χ2v) is 6.64. The van der Waals surface area contributed by atoms with Crippen LogP contribution in [0.2, 0.25) is 4.34 Å². The summed E-state index contributed by atoms with van der Waals surface area (Å²) in [6.07, 6.45) is 5.99. The van der Waals surface area contributed by atoms with Crippen molar-refractivity contribution in [1.29, 1.82) is 0 Å². The molecule has 1 aliphatic carbocycles. The molecule has 1 aromatic rings. The standard InChI is InChI=1S/C13H18ClNO2S/c14-11-6-5-10(18-11)12(16)15-9-13(17)7-3-1-2-4-8-13/h5-6,17H,1-4,7-9H2,(H,15,16). The molecule has 1 amide bonds. The molecule has 3 nitrogen and oxygen atoms in total. The molecule has 0 aromatic carbocycles. The summed E-state index contributed by atoms with van der Waals surface area (Å²) >= 11 is 7.05. The van der Waals surface area contributed by atoms with E-state index < -0.39 is 5.60 Å². The number of rotatable bonds is 3. The van der Waals surface area contributed by atoms with Crippen molar-refractivity contribution in [2.24, 2.45) is 0 Å². The molecule has 2 N–H and O–H groups in total. The van der Waals surface area contributed by atoms with Crippen LogP contribution < -0.4 is 5.32 Å². The molecule has 0 atom stereocenters. The molecule has 1 saturated carbocycles. The van der Waals surface area contributed by atoms with Crippen LogP contribution in [0.25, 0.3) is 0 Å². The van der Waals surface area contributed by atoms with Gasteiger partial charge in [0.05, 0.1) is 14.8 Å². The molecule has 0 unspecified atom stereocenters. The first-order chi connectivity index (χ1) is 8.59. The fourth-order valence-corrected chi connectivity index (χ4v) is 3.29. The summed E-state index contributed by atoms with van der Waals surface area (Å²) in [5.41, 5.74) is -0.729. The van der Waals surface area contributed by atoms with Gasteiger partial charge in [-0.1, -0.05) is 37.3 Å². The highest BCUT2D eigenvalue weighted by Crippen LogP contribution is 2.27. The molecule has 0 radical (unpaired) electrons. The summed E-state index contributed by atoms with van der Waals surface area (Å²) in [4.78, 5) is 12.5. The molecular weight excluding hydrogens is 270 g/mol. The molecular formula is C13H18ClNO2S. The van der Waals surface area contributed by atoms with Gasteiger partial charge in [-0.05, 0) is 25.0 Å². The van der Waals surface area contributed by atoms with Crippen molar-refractivity contribution in [2.75, 3.05) is 6.54 Å². The van der Waals surface area contributed by atoms with Gasteiger partial charge in [0.25, 0.3) is 5.91 Å². The van der Waals surface area contributed by atoms with Crippen LogP contribution in [-0.2, 0) is 0 Å². The maximum Gasteiger partial charge on any atom is 0.261 e. The molecule has 1 heterocycles. The van der Waals surface area contributed by atoms with Crippen molar-refractivity contribution in [3.63, 3.8) is 0 Å². The molecule has 0 spiro atoms. The van der Waals surface area contributed by atoms with Crippen molar-refractivity contribution < 1.29 is 9.90 Å². The van der Waals surface area contributed by atoms with Crippen LogP contribution in [0.5, 0.6) is 0 Å². The number of amides is 1. The summed E-state index contributed by atoms with van der Waals surface area (Å²) in [6, 6.07) is 3.42. The van der Waals surface area contributed by atoms with Crippen LogP contribution in [0.1, 0.15) is 48.2 Å². The Morgan fingerprint density at radius 2 is 2.00 bits per heavy atom. The lowest BCUT2D eigenvalue weighted by molar-refractivity contribution is 0.0247. The molecule has 0 aliphatic heterocycles. The first-order valence-electron chi connectivity index (χ1n) is 6.35. The molecule has 2 rings (SSSR count). The number of nitrogens with one attached hydrogen (secondary N) is 1. The zero-order chi connectivity index (χ0) is 13.0. The Bertz CT molecular complexity index is 411. The summed E-state index contributed by atoms with van der Waals surface area (Å²) < 4.78 is 0.605. The Hall–Kier alpha value is -0.580.